The molecule has 176 valence electrons. The topological polar surface area (TPSA) is 65.1 Å². The van der Waals surface area contributed by atoms with Gasteiger partial charge in [-0.1, -0.05) is 6.92 Å². The van der Waals surface area contributed by atoms with Crippen LogP contribution in [0.25, 0.3) is 0 Å². The number of anilines is 1. The lowest BCUT2D eigenvalue weighted by atomic mass is 10.1. The molecule has 2 aliphatic heterocycles. The number of imide groups is 1. The Morgan fingerprint density at radius 2 is 1.81 bits per heavy atom. The molecule has 0 radical (unpaired) electrons. The van der Waals surface area contributed by atoms with Crippen LogP contribution in [0.5, 0.6) is 5.75 Å². The van der Waals surface area contributed by atoms with Crippen LogP contribution in [0.3, 0.4) is 0 Å². The smallest absolute Gasteiger partial charge is 0.247 e. The average Bonchev–Trinajstić information content (AvgIpc) is 3.56. The molecule has 1 aromatic carbocycles. The summed E-state index contributed by atoms with van der Waals surface area (Å²) in [6.45, 7) is 10.3. The van der Waals surface area contributed by atoms with Gasteiger partial charge >= 0.3 is 0 Å². The fraction of sp³-hybridized carbons (Fsp3) is 0.667. The number of halogens is 1. The summed E-state index contributed by atoms with van der Waals surface area (Å²) in [5.41, 5.74) is 0.801. The van der Waals surface area contributed by atoms with Crippen molar-refractivity contribution in [3.8, 4) is 5.75 Å². The molecule has 2 atom stereocenters. The normalized spacial score (nSPS) is 24.7. The van der Waals surface area contributed by atoms with Crippen molar-refractivity contribution in [1.29, 1.82) is 0 Å². The highest BCUT2D eigenvalue weighted by Crippen LogP contribution is 2.31. The third-order valence-corrected chi connectivity index (χ3v) is 6.53. The number of amides is 2. The van der Waals surface area contributed by atoms with Crippen molar-refractivity contribution in [1.82, 2.24) is 15.1 Å². The molecule has 32 heavy (non-hydrogen) atoms. The number of ether oxygens (including phenoxy) is 1. The first-order chi connectivity index (χ1) is 15.3. The van der Waals surface area contributed by atoms with Gasteiger partial charge in [-0.25, -0.2) is 4.39 Å². The Morgan fingerprint density at radius 3 is 2.47 bits per heavy atom. The Balaban J connectivity index is 1.25. The zero-order valence-electron chi connectivity index (χ0n) is 19.3. The van der Waals surface area contributed by atoms with Crippen molar-refractivity contribution in [2.24, 2.45) is 5.92 Å². The molecule has 2 unspecified atom stereocenters. The number of benzene rings is 1. The molecule has 7 nitrogen and oxygen atoms in total. The van der Waals surface area contributed by atoms with E-state index in [0.717, 1.165) is 57.7 Å². The van der Waals surface area contributed by atoms with Gasteiger partial charge in [0.15, 0.2) is 0 Å². The molecule has 2 amide bonds. The summed E-state index contributed by atoms with van der Waals surface area (Å²) in [7, 11) is 0. The fourth-order valence-corrected chi connectivity index (χ4v) is 4.57. The molecule has 0 spiro atoms. The average molecular weight is 447 g/mol. The maximum absolute atomic E-state index is 13.9. The number of hydrogen-bond donors (Lipinski definition) is 1. The molecule has 2 heterocycles. The van der Waals surface area contributed by atoms with E-state index in [2.05, 4.69) is 15.1 Å². The highest BCUT2D eigenvalue weighted by Gasteiger charge is 2.46. The van der Waals surface area contributed by atoms with E-state index in [1.165, 1.54) is 11.0 Å². The third-order valence-electron chi connectivity index (χ3n) is 6.53. The Morgan fingerprint density at radius 1 is 1.09 bits per heavy atom. The van der Waals surface area contributed by atoms with Crippen LogP contribution in [-0.2, 0) is 9.59 Å². The molecular formula is C24H35FN4O3. The predicted octanol–water partition coefficient (Wildman–Crippen LogP) is 2.25. The fourth-order valence-electron chi connectivity index (χ4n) is 4.57. The van der Waals surface area contributed by atoms with Crippen molar-refractivity contribution < 1.29 is 18.7 Å². The van der Waals surface area contributed by atoms with Crippen LogP contribution in [-0.4, -0.2) is 79.1 Å². The zero-order valence-corrected chi connectivity index (χ0v) is 19.3. The van der Waals surface area contributed by atoms with E-state index in [-0.39, 0.29) is 35.7 Å². The van der Waals surface area contributed by atoms with Gasteiger partial charge in [-0.15, -0.1) is 0 Å². The first kappa shape index (κ1) is 23.0. The SMILES string of the molecule is CC(C)Oc1ccc(F)cc1N1CCN(CCCN2C(=O)C(C)C(NC3CC3)C2=O)CC1. The summed E-state index contributed by atoms with van der Waals surface area (Å²) in [6, 6.07) is 4.73. The van der Waals surface area contributed by atoms with E-state index in [0.29, 0.717) is 18.3 Å². The van der Waals surface area contributed by atoms with E-state index < -0.39 is 0 Å². The minimum absolute atomic E-state index is 0.0262. The lowest BCUT2D eigenvalue weighted by Gasteiger charge is -2.37. The molecule has 1 aliphatic carbocycles. The van der Waals surface area contributed by atoms with Crippen molar-refractivity contribution >= 4 is 17.5 Å². The molecule has 1 N–H and O–H groups in total. The first-order valence-electron chi connectivity index (χ1n) is 11.9. The Hall–Kier alpha value is -2.19. The number of piperazine rings is 1. The van der Waals surface area contributed by atoms with Gasteiger partial charge in [0.1, 0.15) is 11.6 Å². The van der Waals surface area contributed by atoms with Crippen molar-refractivity contribution in [3.05, 3.63) is 24.0 Å². The number of nitrogens with one attached hydrogen (secondary N) is 1. The molecule has 1 aromatic rings. The second kappa shape index (κ2) is 9.75. The van der Waals surface area contributed by atoms with Crippen LogP contribution < -0.4 is 15.0 Å². The standard InChI is InChI=1S/C24H35FN4O3/c1-16(2)32-21-8-5-18(25)15-20(21)28-13-11-27(12-14-28)9-4-10-29-23(30)17(3)22(24(29)31)26-19-6-7-19/h5,8,15-17,19,22,26H,4,6-7,9-14H2,1-3H3. The largest absolute Gasteiger partial charge is 0.489 e. The molecule has 0 bridgehead atoms. The van der Waals surface area contributed by atoms with Gasteiger partial charge in [-0.2, -0.15) is 0 Å². The van der Waals surface area contributed by atoms with Gasteiger partial charge in [-0.05, 0) is 51.8 Å². The molecule has 4 rings (SSSR count). The third kappa shape index (κ3) is 5.23. The number of nitrogens with zero attached hydrogens (tertiary/aromatic N) is 3. The van der Waals surface area contributed by atoms with Gasteiger partial charge in [0.25, 0.3) is 0 Å². The highest BCUT2D eigenvalue weighted by molar-refractivity contribution is 6.06. The molecule has 1 saturated carbocycles. The number of carbonyl (C=O) groups excluding carboxylic acids is 2. The second-order valence-corrected chi connectivity index (χ2v) is 9.50. The molecule has 8 heteroatoms. The Bertz CT molecular complexity index is 837. The maximum atomic E-state index is 13.9. The van der Waals surface area contributed by atoms with Crippen LogP contribution in [0.4, 0.5) is 10.1 Å². The Labute approximate surface area is 189 Å². The minimum atomic E-state index is -0.355. The lowest BCUT2D eigenvalue weighted by Crippen LogP contribution is -2.47. The predicted molar refractivity (Wildman–Crippen MR) is 121 cm³/mol. The van der Waals surface area contributed by atoms with E-state index in [9.17, 15) is 14.0 Å². The monoisotopic (exact) mass is 446 g/mol. The summed E-state index contributed by atoms with van der Waals surface area (Å²) in [4.78, 5) is 31.2. The summed E-state index contributed by atoms with van der Waals surface area (Å²) in [6.07, 6.45) is 2.98. The van der Waals surface area contributed by atoms with E-state index in [1.807, 2.05) is 20.8 Å². The first-order valence-corrected chi connectivity index (χ1v) is 11.9. The molecule has 0 aromatic heterocycles. The van der Waals surface area contributed by atoms with Crippen molar-refractivity contribution in [2.45, 2.75) is 58.2 Å². The van der Waals surface area contributed by atoms with E-state index in [4.69, 9.17) is 4.74 Å². The van der Waals surface area contributed by atoms with E-state index >= 15 is 0 Å². The van der Waals surface area contributed by atoms with Gasteiger partial charge in [0, 0.05) is 44.8 Å². The van der Waals surface area contributed by atoms with Gasteiger partial charge in [-0.3, -0.25) is 19.4 Å². The van der Waals surface area contributed by atoms with Gasteiger partial charge < -0.3 is 15.0 Å². The number of hydrogen-bond acceptors (Lipinski definition) is 6. The quantitative estimate of drug-likeness (QED) is 0.587. The Kier molecular flexibility index (Phi) is 7.00. The lowest BCUT2D eigenvalue weighted by molar-refractivity contribution is -0.139. The number of carbonyl (C=O) groups is 2. The number of rotatable bonds is 9. The van der Waals surface area contributed by atoms with Gasteiger partial charge in [0.2, 0.25) is 11.8 Å². The number of likely N-dealkylation sites (tertiary alicyclic amines) is 1. The van der Waals surface area contributed by atoms with Crippen LogP contribution in [0, 0.1) is 11.7 Å². The van der Waals surface area contributed by atoms with Crippen LogP contribution >= 0.6 is 0 Å². The van der Waals surface area contributed by atoms with Gasteiger partial charge in [0.05, 0.1) is 23.8 Å². The summed E-state index contributed by atoms with van der Waals surface area (Å²) in [5, 5.41) is 3.33. The summed E-state index contributed by atoms with van der Waals surface area (Å²) in [5.74, 6) is 0.0523. The minimum Gasteiger partial charge on any atom is -0.489 e. The van der Waals surface area contributed by atoms with Crippen LogP contribution in [0.15, 0.2) is 18.2 Å². The summed E-state index contributed by atoms with van der Waals surface area (Å²) >= 11 is 0. The molecule has 3 fully saturated rings. The summed E-state index contributed by atoms with van der Waals surface area (Å²) < 4.78 is 19.7. The van der Waals surface area contributed by atoms with E-state index in [1.54, 1.807) is 12.1 Å². The molecule has 3 aliphatic rings. The van der Waals surface area contributed by atoms with Crippen molar-refractivity contribution in [2.75, 3.05) is 44.2 Å². The van der Waals surface area contributed by atoms with Crippen molar-refractivity contribution in [3.63, 3.8) is 0 Å². The second-order valence-electron chi connectivity index (χ2n) is 9.50. The highest BCUT2D eigenvalue weighted by atomic mass is 19.1. The zero-order chi connectivity index (χ0) is 22.8. The van der Waals surface area contributed by atoms with Crippen LogP contribution in [0.1, 0.15) is 40.0 Å². The van der Waals surface area contributed by atoms with Crippen LogP contribution in [0.2, 0.25) is 0 Å². The maximum Gasteiger partial charge on any atom is 0.247 e. The molecule has 2 saturated heterocycles. The molecular weight excluding hydrogens is 411 g/mol.